The molecule has 1 aliphatic carbocycles. The number of nitrogens with one attached hydrogen (secondary N) is 1. The van der Waals surface area contributed by atoms with E-state index in [1.807, 2.05) is 0 Å². The Kier molecular flexibility index (Phi) is 4.10. The lowest BCUT2D eigenvalue weighted by Crippen LogP contribution is -2.27. The summed E-state index contributed by atoms with van der Waals surface area (Å²) in [4.78, 5) is 7.98. The van der Waals surface area contributed by atoms with Gasteiger partial charge in [0, 0.05) is 30.5 Å². The fourth-order valence-corrected chi connectivity index (χ4v) is 2.20. The van der Waals surface area contributed by atoms with Crippen molar-refractivity contribution in [2.24, 2.45) is 0 Å². The Morgan fingerprint density at radius 2 is 1.75 bits per heavy atom. The Bertz CT molecular complexity index is 301. The lowest BCUT2D eigenvalue weighted by Gasteiger charge is -2.15. The van der Waals surface area contributed by atoms with Gasteiger partial charge in [-0.15, -0.1) is 0 Å². The van der Waals surface area contributed by atoms with Crippen LogP contribution in [0.25, 0.3) is 0 Å². The SMILES string of the molecule is Nc1ncc(CNC2CCCCCC2)cn1. The number of hydrogen-bond acceptors (Lipinski definition) is 4. The van der Waals surface area contributed by atoms with E-state index in [-0.39, 0.29) is 0 Å². The average Bonchev–Trinajstić information content (AvgIpc) is 2.57. The molecule has 1 heterocycles. The minimum atomic E-state index is 0.346. The van der Waals surface area contributed by atoms with E-state index in [0.717, 1.165) is 12.1 Å². The van der Waals surface area contributed by atoms with Crippen LogP contribution in [0.15, 0.2) is 12.4 Å². The summed E-state index contributed by atoms with van der Waals surface area (Å²) in [5, 5.41) is 3.58. The molecule has 4 nitrogen and oxygen atoms in total. The summed E-state index contributed by atoms with van der Waals surface area (Å²) in [5.74, 6) is 0.346. The molecule has 3 N–H and O–H groups in total. The molecule has 1 fully saturated rings. The van der Waals surface area contributed by atoms with Crippen LogP contribution < -0.4 is 11.1 Å². The molecular weight excluding hydrogens is 200 g/mol. The van der Waals surface area contributed by atoms with Crippen LogP contribution in [0, 0.1) is 0 Å². The van der Waals surface area contributed by atoms with Crippen LogP contribution in [0.4, 0.5) is 5.95 Å². The lowest BCUT2D eigenvalue weighted by molar-refractivity contribution is 0.458. The van der Waals surface area contributed by atoms with Gasteiger partial charge in [-0.3, -0.25) is 0 Å². The molecule has 0 atom stereocenters. The van der Waals surface area contributed by atoms with Crippen LogP contribution in [-0.4, -0.2) is 16.0 Å². The van der Waals surface area contributed by atoms with Gasteiger partial charge in [-0.2, -0.15) is 0 Å². The van der Waals surface area contributed by atoms with E-state index in [2.05, 4.69) is 15.3 Å². The number of nitrogen functional groups attached to an aromatic ring is 1. The van der Waals surface area contributed by atoms with E-state index in [9.17, 15) is 0 Å². The predicted octanol–water partition coefficient (Wildman–Crippen LogP) is 1.87. The van der Waals surface area contributed by atoms with Crippen molar-refractivity contribution >= 4 is 5.95 Å². The highest BCUT2D eigenvalue weighted by Crippen LogP contribution is 2.17. The van der Waals surface area contributed by atoms with E-state index < -0.39 is 0 Å². The molecule has 0 aliphatic heterocycles. The van der Waals surface area contributed by atoms with Crippen molar-refractivity contribution in [3.05, 3.63) is 18.0 Å². The molecule has 16 heavy (non-hydrogen) atoms. The Morgan fingerprint density at radius 3 is 2.38 bits per heavy atom. The smallest absolute Gasteiger partial charge is 0.219 e. The number of anilines is 1. The maximum atomic E-state index is 5.44. The number of aromatic nitrogens is 2. The molecule has 2 rings (SSSR count). The molecule has 0 aromatic carbocycles. The van der Waals surface area contributed by atoms with Crippen molar-refractivity contribution in [2.45, 2.75) is 51.1 Å². The largest absolute Gasteiger partial charge is 0.368 e. The van der Waals surface area contributed by atoms with Crippen molar-refractivity contribution in [2.75, 3.05) is 5.73 Å². The van der Waals surface area contributed by atoms with E-state index in [4.69, 9.17) is 5.73 Å². The molecule has 1 aromatic rings. The van der Waals surface area contributed by atoms with Gasteiger partial charge in [0.2, 0.25) is 5.95 Å². The summed E-state index contributed by atoms with van der Waals surface area (Å²) >= 11 is 0. The third-order valence-electron chi connectivity index (χ3n) is 3.18. The Balaban J connectivity index is 1.79. The summed E-state index contributed by atoms with van der Waals surface area (Å²) in [7, 11) is 0. The monoisotopic (exact) mass is 220 g/mol. The van der Waals surface area contributed by atoms with Gasteiger partial charge in [0.15, 0.2) is 0 Å². The minimum Gasteiger partial charge on any atom is -0.368 e. The number of nitrogens with zero attached hydrogens (tertiary/aromatic N) is 2. The van der Waals surface area contributed by atoms with Crippen LogP contribution in [0.2, 0.25) is 0 Å². The summed E-state index contributed by atoms with van der Waals surface area (Å²) in [5.41, 5.74) is 6.55. The molecule has 0 saturated heterocycles. The van der Waals surface area contributed by atoms with Gasteiger partial charge in [-0.25, -0.2) is 9.97 Å². The maximum Gasteiger partial charge on any atom is 0.219 e. The molecule has 0 unspecified atom stereocenters. The first-order valence-electron chi connectivity index (χ1n) is 6.14. The second kappa shape index (κ2) is 5.80. The highest BCUT2D eigenvalue weighted by molar-refractivity contribution is 5.16. The van der Waals surface area contributed by atoms with Crippen LogP contribution in [0.3, 0.4) is 0 Å². The zero-order valence-corrected chi connectivity index (χ0v) is 9.65. The third-order valence-corrected chi connectivity index (χ3v) is 3.18. The van der Waals surface area contributed by atoms with Crippen molar-refractivity contribution in [3.63, 3.8) is 0 Å². The second-order valence-electron chi connectivity index (χ2n) is 4.52. The fourth-order valence-electron chi connectivity index (χ4n) is 2.20. The molecule has 1 aromatic heterocycles. The topological polar surface area (TPSA) is 63.8 Å². The van der Waals surface area contributed by atoms with Gasteiger partial charge in [0.1, 0.15) is 0 Å². The van der Waals surface area contributed by atoms with Crippen molar-refractivity contribution in [1.29, 1.82) is 0 Å². The first-order chi connectivity index (χ1) is 7.84. The predicted molar refractivity (Wildman–Crippen MR) is 64.8 cm³/mol. The van der Waals surface area contributed by atoms with Crippen molar-refractivity contribution in [1.82, 2.24) is 15.3 Å². The van der Waals surface area contributed by atoms with Gasteiger partial charge in [-0.1, -0.05) is 25.7 Å². The Labute approximate surface area is 96.7 Å². The molecule has 0 spiro atoms. The summed E-state index contributed by atoms with van der Waals surface area (Å²) in [6.45, 7) is 0.852. The number of nitrogens with two attached hydrogens (primary N) is 1. The highest BCUT2D eigenvalue weighted by Gasteiger charge is 2.11. The lowest BCUT2D eigenvalue weighted by atomic mass is 10.1. The standard InChI is InChI=1S/C12H20N4/c13-12-15-8-10(9-16-12)7-14-11-5-3-1-2-4-6-11/h8-9,11,14H,1-7H2,(H2,13,15,16). The molecule has 0 amide bonds. The first-order valence-corrected chi connectivity index (χ1v) is 6.14. The maximum absolute atomic E-state index is 5.44. The average molecular weight is 220 g/mol. The summed E-state index contributed by atoms with van der Waals surface area (Å²) in [6, 6.07) is 0.667. The Hall–Kier alpha value is -1.16. The van der Waals surface area contributed by atoms with E-state index in [1.165, 1.54) is 38.5 Å². The van der Waals surface area contributed by atoms with Crippen molar-refractivity contribution < 1.29 is 0 Å². The zero-order valence-electron chi connectivity index (χ0n) is 9.65. The highest BCUT2D eigenvalue weighted by atomic mass is 15.0. The molecule has 0 radical (unpaired) electrons. The molecule has 0 bridgehead atoms. The van der Waals surface area contributed by atoms with Gasteiger partial charge in [-0.05, 0) is 12.8 Å². The molecular formula is C12H20N4. The van der Waals surface area contributed by atoms with E-state index in [0.29, 0.717) is 12.0 Å². The van der Waals surface area contributed by atoms with Crippen LogP contribution >= 0.6 is 0 Å². The normalized spacial score (nSPS) is 18.2. The van der Waals surface area contributed by atoms with Gasteiger partial charge in [0.05, 0.1) is 0 Å². The van der Waals surface area contributed by atoms with Gasteiger partial charge < -0.3 is 11.1 Å². The van der Waals surface area contributed by atoms with Crippen molar-refractivity contribution in [3.8, 4) is 0 Å². The molecule has 88 valence electrons. The quantitative estimate of drug-likeness (QED) is 0.763. The van der Waals surface area contributed by atoms with Crippen LogP contribution in [0.5, 0.6) is 0 Å². The summed E-state index contributed by atoms with van der Waals surface area (Å²) in [6.07, 6.45) is 11.7. The zero-order chi connectivity index (χ0) is 11.2. The molecule has 1 saturated carbocycles. The van der Waals surface area contributed by atoms with Crippen LogP contribution in [0.1, 0.15) is 44.1 Å². The first kappa shape index (κ1) is 11.3. The number of hydrogen-bond donors (Lipinski definition) is 2. The minimum absolute atomic E-state index is 0.346. The van der Waals surface area contributed by atoms with E-state index in [1.54, 1.807) is 12.4 Å². The second-order valence-corrected chi connectivity index (χ2v) is 4.52. The van der Waals surface area contributed by atoms with E-state index >= 15 is 0 Å². The van der Waals surface area contributed by atoms with Crippen LogP contribution in [-0.2, 0) is 6.54 Å². The fraction of sp³-hybridized carbons (Fsp3) is 0.667. The summed E-state index contributed by atoms with van der Waals surface area (Å²) < 4.78 is 0. The number of rotatable bonds is 3. The van der Waals surface area contributed by atoms with Gasteiger partial charge >= 0.3 is 0 Å². The van der Waals surface area contributed by atoms with Gasteiger partial charge in [0.25, 0.3) is 0 Å². The molecule has 4 heteroatoms. The molecule has 1 aliphatic rings. The third kappa shape index (κ3) is 3.45. The Morgan fingerprint density at radius 1 is 1.12 bits per heavy atom.